The zero-order valence-electron chi connectivity index (χ0n) is 13.1. The van der Waals surface area contributed by atoms with E-state index in [1.54, 1.807) is 22.7 Å². The number of phenols is 2. The number of aryl methyl sites for hydroxylation is 2. The Hall–Kier alpha value is -2.08. The Bertz CT molecular complexity index is 721. The lowest BCUT2D eigenvalue weighted by molar-refractivity contribution is -0.133. The first-order valence-corrected chi connectivity index (χ1v) is 8.49. The summed E-state index contributed by atoms with van der Waals surface area (Å²) in [5.41, 5.74) is 1.84. The second-order valence-electron chi connectivity index (χ2n) is 5.71. The maximum absolute atomic E-state index is 12.4. The molecule has 1 aromatic carbocycles. The van der Waals surface area contributed by atoms with E-state index in [0.717, 1.165) is 28.4 Å². The number of thioether (sulfide) groups is 1. The van der Waals surface area contributed by atoms with E-state index in [-0.39, 0.29) is 22.8 Å². The van der Waals surface area contributed by atoms with E-state index >= 15 is 0 Å². The molecule has 0 aliphatic carbocycles. The van der Waals surface area contributed by atoms with Crippen molar-refractivity contribution in [2.45, 2.75) is 32.2 Å². The van der Waals surface area contributed by atoms with Crippen molar-refractivity contribution in [1.29, 1.82) is 0 Å². The third kappa shape index (κ3) is 3.17. The molecule has 1 fully saturated rings. The van der Waals surface area contributed by atoms with Gasteiger partial charge in [-0.1, -0.05) is 6.07 Å². The smallest absolute Gasteiger partial charge is 0.224 e. The van der Waals surface area contributed by atoms with Crippen molar-refractivity contribution in [2.75, 3.05) is 5.75 Å². The van der Waals surface area contributed by atoms with Crippen LogP contribution in [0.15, 0.2) is 28.7 Å². The van der Waals surface area contributed by atoms with Crippen LogP contribution in [0.3, 0.4) is 0 Å². The second-order valence-corrected chi connectivity index (χ2v) is 6.89. The zero-order chi connectivity index (χ0) is 16.6. The first-order chi connectivity index (χ1) is 11.0. The van der Waals surface area contributed by atoms with E-state index in [1.807, 2.05) is 19.9 Å². The summed E-state index contributed by atoms with van der Waals surface area (Å²) >= 11 is 1.68. The monoisotopic (exact) mass is 333 g/mol. The van der Waals surface area contributed by atoms with Gasteiger partial charge in [0.25, 0.3) is 0 Å². The van der Waals surface area contributed by atoms with Crippen molar-refractivity contribution in [3.05, 3.63) is 46.9 Å². The second kappa shape index (κ2) is 6.20. The molecule has 1 atom stereocenters. The lowest BCUT2D eigenvalue weighted by Gasteiger charge is -2.34. The highest BCUT2D eigenvalue weighted by atomic mass is 32.2. The number of nitrogens with zero attached hydrogens (tertiary/aromatic N) is 1. The third-order valence-corrected chi connectivity index (χ3v) is 5.26. The minimum absolute atomic E-state index is 0.0630. The molecular weight excluding hydrogens is 314 g/mol. The molecule has 1 aromatic heterocycles. The number of carbonyl (C=O) groups excluding carboxylic acids is 1. The van der Waals surface area contributed by atoms with Crippen molar-refractivity contribution in [2.24, 2.45) is 0 Å². The van der Waals surface area contributed by atoms with Gasteiger partial charge in [-0.15, -0.1) is 11.8 Å². The molecule has 2 N–H and O–H groups in total. The summed E-state index contributed by atoms with van der Waals surface area (Å²) in [4.78, 5) is 14.1. The molecule has 23 heavy (non-hydrogen) atoms. The molecule has 0 spiro atoms. The fraction of sp³-hybridized carbons (Fsp3) is 0.353. The minimum Gasteiger partial charge on any atom is -0.504 e. The Kier molecular flexibility index (Phi) is 4.26. The van der Waals surface area contributed by atoms with E-state index in [9.17, 15) is 15.0 Å². The van der Waals surface area contributed by atoms with Crippen LogP contribution in [0.2, 0.25) is 0 Å². The van der Waals surface area contributed by atoms with Gasteiger partial charge in [0.15, 0.2) is 11.5 Å². The highest BCUT2D eigenvalue weighted by Gasteiger charge is 2.32. The average molecular weight is 333 g/mol. The summed E-state index contributed by atoms with van der Waals surface area (Å²) in [6.07, 6.45) is 0.490. The zero-order valence-corrected chi connectivity index (χ0v) is 13.9. The molecule has 0 radical (unpaired) electrons. The van der Waals surface area contributed by atoms with Gasteiger partial charge in [-0.2, -0.15) is 0 Å². The highest BCUT2D eigenvalue weighted by molar-refractivity contribution is 7.99. The number of amides is 1. The Morgan fingerprint density at radius 1 is 1.26 bits per heavy atom. The maximum atomic E-state index is 12.4. The molecule has 0 bridgehead atoms. The van der Waals surface area contributed by atoms with Crippen LogP contribution >= 0.6 is 11.8 Å². The number of hydrogen-bond acceptors (Lipinski definition) is 5. The quantitative estimate of drug-likeness (QED) is 0.841. The number of furan rings is 1. The van der Waals surface area contributed by atoms with Gasteiger partial charge in [0, 0.05) is 18.7 Å². The predicted molar refractivity (Wildman–Crippen MR) is 88.3 cm³/mol. The molecular formula is C17H19NO4S. The summed E-state index contributed by atoms with van der Waals surface area (Å²) in [5.74, 6) is 2.12. The van der Waals surface area contributed by atoms with Crippen LogP contribution in [0.1, 0.15) is 34.4 Å². The Morgan fingerprint density at radius 3 is 2.70 bits per heavy atom. The number of benzene rings is 1. The molecule has 2 heterocycles. The van der Waals surface area contributed by atoms with E-state index < -0.39 is 0 Å². The van der Waals surface area contributed by atoms with Crippen molar-refractivity contribution >= 4 is 17.7 Å². The molecule has 0 saturated carbocycles. The molecule has 2 aromatic rings. The number of carbonyl (C=O) groups is 1. The maximum Gasteiger partial charge on any atom is 0.224 e. The van der Waals surface area contributed by atoms with Gasteiger partial charge < -0.3 is 19.5 Å². The molecule has 1 aliphatic rings. The largest absolute Gasteiger partial charge is 0.504 e. The average Bonchev–Trinajstić information content (AvgIpc) is 2.84. The highest BCUT2D eigenvalue weighted by Crippen LogP contribution is 2.40. The molecule has 6 heteroatoms. The third-order valence-electron chi connectivity index (χ3n) is 4.02. The van der Waals surface area contributed by atoms with E-state index in [0.29, 0.717) is 13.0 Å². The van der Waals surface area contributed by atoms with Crippen molar-refractivity contribution in [3.8, 4) is 11.5 Å². The van der Waals surface area contributed by atoms with Gasteiger partial charge in [-0.3, -0.25) is 4.79 Å². The number of aromatic hydroxyl groups is 2. The van der Waals surface area contributed by atoms with Crippen LogP contribution in [0.4, 0.5) is 0 Å². The lowest BCUT2D eigenvalue weighted by atomic mass is 10.1. The Balaban J connectivity index is 1.88. The molecule has 5 nitrogen and oxygen atoms in total. The molecule has 1 unspecified atom stereocenters. The Labute approximate surface area is 138 Å². The van der Waals surface area contributed by atoms with Gasteiger partial charge >= 0.3 is 0 Å². The van der Waals surface area contributed by atoms with Crippen LogP contribution in [0.5, 0.6) is 11.5 Å². The predicted octanol–water partition coefficient (Wildman–Crippen LogP) is 3.47. The summed E-state index contributed by atoms with van der Waals surface area (Å²) < 4.78 is 5.81. The van der Waals surface area contributed by atoms with Crippen LogP contribution in [0, 0.1) is 13.8 Å². The van der Waals surface area contributed by atoms with Crippen LogP contribution in [-0.4, -0.2) is 26.8 Å². The van der Waals surface area contributed by atoms with Gasteiger partial charge in [0.1, 0.15) is 16.9 Å². The number of hydrogen-bond donors (Lipinski definition) is 2. The standard InChI is InChI=1S/C17H19NO4S/c1-10-7-15(22-11(10)2)17-18(16(21)5-6-23-17)9-12-3-4-13(19)14(20)8-12/h3-4,7-8,17,19-20H,5-6,9H2,1-2H3. The molecule has 1 amide bonds. The summed E-state index contributed by atoms with van der Waals surface area (Å²) in [6.45, 7) is 4.26. The van der Waals surface area contributed by atoms with Crippen molar-refractivity contribution in [1.82, 2.24) is 4.90 Å². The lowest BCUT2D eigenvalue weighted by Crippen LogP contribution is -2.36. The van der Waals surface area contributed by atoms with Crippen LogP contribution in [-0.2, 0) is 11.3 Å². The topological polar surface area (TPSA) is 73.9 Å². The normalized spacial score (nSPS) is 18.4. The molecule has 122 valence electrons. The first kappa shape index (κ1) is 15.8. The van der Waals surface area contributed by atoms with Gasteiger partial charge in [-0.25, -0.2) is 0 Å². The molecule has 3 rings (SSSR count). The fourth-order valence-electron chi connectivity index (χ4n) is 2.62. The number of rotatable bonds is 3. The van der Waals surface area contributed by atoms with E-state index in [1.165, 1.54) is 12.1 Å². The van der Waals surface area contributed by atoms with Crippen LogP contribution < -0.4 is 0 Å². The van der Waals surface area contributed by atoms with E-state index in [2.05, 4.69) is 0 Å². The Morgan fingerprint density at radius 2 is 2.04 bits per heavy atom. The minimum atomic E-state index is -0.180. The van der Waals surface area contributed by atoms with Gasteiger partial charge in [0.2, 0.25) is 5.91 Å². The van der Waals surface area contributed by atoms with Crippen molar-refractivity contribution in [3.63, 3.8) is 0 Å². The van der Waals surface area contributed by atoms with Gasteiger partial charge in [0.05, 0.1) is 0 Å². The summed E-state index contributed by atoms with van der Waals surface area (Å²) in [5, 5.41) is 18.9. The SMILES string of the molecule is Cc1cc(C2SCCC(=O)N2Cc2ccc(O)c(O)c2)oc1C. The first-order valence-electron chi connectivity index (χ1n) is 7.44. The summed E-state index contributed by atoms with van der Waals surface area (Å²) in [7, 11) is 0. The molecule has 1 aliphatic heterocycles. The van der Waals surface area contributed by atoms with Crippen molar-refractivity contribution < 1.29 is 19.4 Å². The molecule has 1 saturated heterocycles. The summed E-state index contributed by atoms with van der Waals surface area (Å²) in [6, 6.07) is 6.60. The van der Waals surface area contributed by atoms with E-state index in [4.69, 9.17) is 4.42 Å². The van der Waals surface area contributed by atoms with Crippen LogP contribution in [0.25, 0.3) is 0 Å². The number of phenolic OH excluding ortho intramolecular Hbond substituents is 2. The van der Waals surface area contributed by atoms with Gasteiger partial charge in [-0.05, 0) is 43.2 Å². The fourth-order valence-corrected chi connectivity index (χ4v) is 3.78.